The van der Waals surface area contributed by atoms with Gasteiger partial charge in [-0.25, -0.2) is 0 Å². The van der Waals surface area contributed by atoms with Crippen LogP contribution in [0, 0.1) is 23.7 Å². The lowest BCUT2D eigenvalue weighted by atomic mass is 9.65. The molecule has 3 N–H and O–H groups in total. The molecule has 2 heterocycles. The smallest absolute Gasteiger partial charge is 0.223 e. The van der Waals surface area contributed by atoms with E-state index in [1.807, 2.05) is 0 Å². The van der Waals surface area contributed by atoms with Gasteiger partial charge in [-0.1, -0.05) is 58.8 Å². The molecule has 0 spiro atoms. The summed E-state index contributed by atoms with van der Waals surface area (Å²) in [5.41, 5.74) is 0.759. The Hall–Kier alpha value is -0.610. The van der Waals surface area contributed by atoms with Gasteiger partial charge in [-0.15, -0.1) is 0 Å². The van der Waals surface area contributed by atoms with E-state index in [0.717, 1.165) is 25.3 Å². The second-order valence-electron chi connectivity index (χ2n) is 15.9. The number of piperidine rings is 2. The summed E-state index contributed by atoms with van der Waals surface area (Å²) in [7, 11) is 0. The number of amides is 1. The van der Waals surface area contributed by atoms with Crippen molar-refractivity contribution in [3.8, 4) is 0 Å². The molecule has 2 unspecified atom stereocenters. The topological polar surface area (TPSA) is 53.2 Å². The monoisotopic (exact) mass is 534 g/mol. The third-order valence-corrected chi connectivity index (χ3v) is 9.37. The van der Waals surface area contributed by atoms with E-state index >= 15 is 0 Å². The molecule has 224 valence electrons. The van der Waals surface area contributed by atoms with Gasteiger partial charge in [0.1, 0.15) is 0 Å². The summed E-state index contributed by atoms with van der Waals surface area (Å²) >= 11 is 0. The summed E-state index contributed by atoms with van der Waals surface area (Å²) in [5.74, 6) is 2.40. The quantitative estimate of drug-likeness (QED) is 0.185. The van der Waals surface area contributed by atoms with Crippen molar-refractivity contribution in [1.82, 2.24) is 16.0 Å². The molecule has 0 aromatic heterocycles. The molecule has 2 fully saturated rings. The fraction of sp³-hybridized carbons (Fsp3) is 0.971. The lowest BCUT2D eigenvalue weighted by Gasteiger charge is -2.50. The van der Waals surface area contributed by atoms with E-state index in [1.54, 1.807) is 0 Å². The first-order valence-corrected chi connectivity index (χ1v) is 16.4. The maximum atomic E-state index is 13.5. The highest BCUT2D eigenvalue weighted by Gasteiger charge is 2.43. The molecule has 2 aliphatic rings. The van der Waals surface area contributed by atoms with Gasteiger partial charge in [0.15, 0.2) is 0 Å². The summed E-state index contributed by atoms with van der Waals surface area (Å²) in [6.07, 6.45) is 17.1. The predicted octanol–water partition coefficient (Wildman–Crippen LogP) is 8.39. The van der Waals surface area contributed by atoms with Crippen molar-refractivity contribution < 1.29 is 4.79 Å². The average Bonchev–Trinajstić information content (AvgIpc) is 2.73. The second-order valence-corrected chi connectivity index (χ2v) is 15.9. The largest absolute Gasteiger partial charge is 0.356 e. The molecule has 2 atom stereocenters. The number of hydrogen-bond donors (Lipinski definition) is 3. The van der Waals surface area contributed by atoms with Gasteiger partial charge in [0.25, 0.3) is 0 Å². The van der Waals surface area contributed by atoms with E-state index in [-0.39, 0.29) is 28.1 Å². The van der Waals surface area contributed by atoms with Crippen molar-refractivity contribution in [2.75, 3.05) is 6.54 Å². The molecular weight excluding hydrogens is 466 g/mol. The molecule has 0 saturated carbocycles. The Labute approximate surface area is 238 Å². The van der Waals surface area contributed by atoms with Gasteiger partial charge in [-0.05, 0) is 118 Å². The fourth-order valence-electron chi connectivity index (χ4n) is 8.77. The first kappa shape index (κ1) is 33.6. The Kier molecular flexibility index (Phi) is 12.7. The lowest BCUT2D eigenvalue weighted by Crippen LogP contribution is -2.59. The molecule has 0 bridgehead atoms. The maximum absolute atomic E-state index is 13.5. The van der Waals surface area contributed by atoms with Crippen LogP contribution in [0.15, 0.2) is 0 Å². The first-order chi connectivity index (χ1) is 17.6. The van der Waals surface area contributed by atoms with Crippen molar-refractivity contribution in [2.45, 2.75) is 181 Å². The van der Waals surface area contributed by atoms with Crippen LogP contribution in [0.3, 0.4) is 0 Å². The van der Waals surface area contributed by atoms with E-state index in [0.29, 0.717) is 17.7 Å². The molecule has 1 amide bonds. The zero-order chi connectivity index (χ0) is 28.6. The van der Waals surface area contributed by atoms with E-state index in [2.05, 4.69) is 85.2 Å². The molecule has 4 nitrogen and oxygen atoms in total. The minimum Gasteiger partial charge on any atom is -0.356 e. The van der Waals surface area contributed by atoms with Gasteiger partial charge in [0.2, 0.25) is 5.91 Å². The number of carbonyl (C=O) groups is 1. The van der Waals surface area contributed by atoms with Crippen LogP contribution in [0.2, 0.25) is 0 Å². The molecule has 2 saturated heterocycles. The minimum atomic E-state index is 0.129. The Balaban J connectivity index is 1.82. The molecule has 4 heteroatoms. The molecule has 2 aliphatic heterocycles. The van der Waals surface area contributed by atoms with Crippen LogP contribution in [-0.4, -0.2) is 34.6 Å². The van der Waals surface area contributed by atoms with Crippen molar-refractivity contribution in [3.63, 3.8) is 0 Å². The Morgan fingerprint density at radius 2 is 1.26 bits per heavy atom. The standard InChI is InChI=1S/C34H67N3O/c1-11-13-16-20-29(27-24-33(7,8)37-34(9,10)25-27)28(12-2)30(38)35-21-18-15-14-17-19-26-22-31(3,4)36-32(5,6)23-26/h26-29,36-37H,11-25H2,1-10H3,(H,35,38). The van der Waals surface area contributed by atoms with Gasteiger partial charge in [-0.2, -0.15) is 0 Å². The molecular formula is C34H67N3O. The molecule has 0 aromatic rings. The van der Waals surface area contributed by atoms with Crippen LogP contribution in [0.1, 0.15) is 159 Å². The fourth-order valence-corrected chi connectivity index (χ4v) is 8.77. The Morgan fingerprint density at radius 3 is 1.79 bits per heavy atom. The van der Waals surface area contributed by atoms with Crippen molar-refractivity contribution >= 4 is 5.91 Å². The van der Waals surface area contributed by atoms with E-state index < -0.39 is 0 Å². The molecule has 0 aliphatic carbocycles. The highest BCUT2D eigenvalue weighted by Crippen LogP contribution is 2.42. The van der Waals surface area contributed by atoms with Crippen LogP contribution in [0.5, 0.6) is 0 Å². The van der Waals surface area contributed by atoms with Gasteiger partial charge in [0, 0.05) is 34.6 Å². The summed E-state index contributed by atoms with van der Waals surface area (Å²) in [6.45, 7) is 24.2. The summed E-state index contributed by atoms with van der Waals surface area (Å²) in [6, 6.07) is 0. The highest BCUT2D eigenvalue weighted by molar-refractivity contribution is 5.78. The van der Waals surface area contributed by atoms with Gasteiger partial charge < -0.3 is 16.0 Å². The zero-order valence-corrected chi connectivity index (χ0v) is 27.3. The number of hydrogen-bond acceptors (Lipinski definition) is 3. The number of carbonyl (C=O) groups excluding carboxylic acids is 1. The minimum absolute atomic E-state index is 0.129. The number of unbranched alkanes of at least 4 members (excludes halogenated alkanes) is 5. The normalized spacial score (nSPS) is 24.6. The van der Waals surface area contributed by atoms with Crippen LogP contribution in [-0.2, 0) is 4.79 Å². The summed E-state index contributed by atoms with van der Waals surface area (Å²) < 4.78 is 0. The molecule has 0 radical (unpaired) electrons. The second kappa shape index (κ2) is 14.3. The van der Waals surface area contributed by atoms with Crippen LogP contribution in [0.25, 0.3) is 0 Å². The SMILES string of the molecule is CCCCCC(C1CC(C)(C)NC(C)(C)C1)C(CC)C(=O)NCCCCCCC1CC(C)(C)NC(C)(C)C1. The van der Waals surface area contributed by atoms with Crippen molar-refractivity contribution in [1.29, 1.82) is 0 Å². The average molecular weight is 534 g/mol. The summed E-state index contributed by atoms with van der Waals surface area (Å²) in [5, 5.41) is 11.0. The van der Waals surface area contributed by atoms with Gasteiger partial charge >= 0.3 is 0 Å². The van der Waals surface area contributed by atoms with Gasteiger partial charge in [-0.3, -0.25) is 4.79 Å². The van der Waals surface area contributed by atoms with Crippen LogP contribution >= 0.6 is 0 Å². The van der Waals surface area contributed by atoms with E-state index in [9.17, 15) is 4.79 Å². The molecule has 0 aromatic carbocycles. The van der Waals surface area contributed by atoms with Crippen LogP contribution < -0.4 is 16.0 Å². The highest BCUT2D eigenvalue weighted by atomic mass is 16.1. The zero-order valence-electron chi connectivity index (χ0n) is 27.3. The number of rotatable bonds is 15. The van der Waals surface area contributed by atoms with E-state index in [1.165, 1.54) is 77.0 Å². The maximum Gasteiger partial charge on any atom is 0.223 e. The first-order valence-electron chi connectivity index (χ1n) is 16.4. The third-order valence-electron chi connectivity index (χ3n) is 9.37. The summed E-state index contributed by atoms with van der Waals surface area (Å²) in [4.78, 5) is 13.5. The van der Waals surface area contributed by atoms with Crippen LogP contribution in [0.4, 0.5) is 0 Å². The Morgan fingerprint density at radius 1 is 0.737 bits per heavy atom. The van der Waals surface area contributed by atoms with Crippen molar-refractivity contribution in [2.24, 2.45) is 23.7 Å². The van der Waals surface area contributed by atoms with E-state index in [4.69, 9.17) is 0 Å². The van der Waals surface area contributed by atoms with Gasteiger partial charge in [0.05, 0.1) is 0 Å². The lowest BCUT2D eigenvalue weighted by molar-refractivity contribution is -0.128. The molecule has 2 rings (SSSR count). The third kappa shape index (κ3) is 11.5. The Bertz CT molecular complexity index is 679. The molecule has 38 heavy (non-hydrogen) atoms. The number of nitrogens with one attached hydrogen (secondary N) is 3. The predicted molar refractivity (Wildman–Crippen MR) is 166 cm³/mol. The van der Waals surface area contributed by atoms with Crippen molar-refractivity contribution in [3.05, 3.63) is 0 Å².